The third kappa shape index (κ3) is 4.02. The van der Waals surface area contributed by atoms with Gasteiger partial charge in [-0.25, -0.2) is 4.39 Å². The average molecular weight is 293 g/mol. The number of likely N-dealkylation sites (tertiary alicyclic amines) is 1. The van der Waals surface area contributed by atoms with E-state index in [9.17, 15) is 4.39 Å². The Hall–Kier alpha value is -0.970. The Morgan fingerprint density at radius 1 is 1.38 bits per heavy atom. The van der Waals surface area contributed by atoms with E-state index in [1.54, 1.807) is 0 Å². The fourth-order valence-corrected chi connectivity index (χ4v) is 3.15. The average Bonchev–Trinajstić information content (AvgIpc) is 2.86. The van der Waals surface area contributed by atoms with Crippen molar-refractivity contribution in [1.29, 1.82) is 0 Å². The van der Waals surface area contributed by atoms with Crippen molar-refractivity contribution in [2.75, 3.05) is 33.7 Å². The van der Waals surface area contributed by atoms with Gasteiger partial charge in [0.15, 0.2) is 0 Å². The largest absolute Gasteiger partial charge is 0.329 e. The predicted molar refractivity (Wildman–Crippen MR) is 85.8 cm³/mol. The van der Waals surface area contributed by atoms with Gasteiger partial charge in [0.25, 0.3) is 0 Å². The summed E-state index contributed by atoms with van der Waals surface area (Å²) in [4.78, 5) is 4.81. The van der Waals surface area contributed by atoms with Crippen LogP contribution in [0.3, 0.4) is 0 Å². The second-order valence-corrected chi connectivity index (χ2v) is 6.66. The van der Waals surface area contributed by atoms with E-state index in [-0.39, 0.29) is 11.4 Å². The molecule has 1 heterocycles. The van der Waals surface area contributed by atoms with E-state index in [1.165, 1.54) is 31.5 Å². The fourth-order valence-electron chi connectivity index (χ4n) is 3.15. The molecule has 2 N–H and O–H groups in total. The highest BCUT2D eigenvalue weighted by molar-refractivity contribution is 5.19. The van der Waals surface area contributed by atoms with Crippen LogP contribution in [-0.4, -0.2) is 55.1 Å². The van der Waals surface area contributed by atoms with Crippen molar-refractivity contribution in [2.45, 2.75) is 37.8 Å². The molecule has 1 saturated heterocycles. The van der Waals surface area contributed by atoms with Gasteiger partial charge in [0.2, 0.25) is 0 Å². The lowest BCUT2D eigenvalue weighted by atomic mass is 9.90. The molecular formula is C17H28FN3. The highest BCUT2D eigenvalue weighted by atomic mass is 19.1. The molecule has 0 spiro atoms. The summed E-state index contributed by atoms with van der Waals surface area (Å²) in [5.74, 6) is -0.186. The van der Waals surface area contributed by atoms with Gasteiger partial charge in [-0.15, -0.1) is 0 Å². The summed E-state index contributed by atoms with van der Waals surface area (Å²) in [6.45, 7) is 5.02. The zero-order chi connectivity index (χ0) is 15.5. The first-order valence-electron chi connectivity index (χ1n) is 7.80. The van der Waals surface area contributed by atoms with Crippen molar-refractivity contribution in [3.8, 4) is 0 Å². The molecule has 4 heteroatoms. The standard InChI is InChI=1S/C17H28FN3/c1-17(13-19,11-14-6-8-15(18)9-7-14)21(3)12-16-5-4-10-20(16)2/h6-9,16H,4-5,10-13,19H2,1-3H3. The Balaban J connectivity index is 2.02. The molecular weight excluding hydrogens is 265 g/mol. The monoisotopic (exact) mass is 293 g/mol. The van der Waals surface area contributed by atoms with E-state index < -0.39 is 0 Å². The normalized spacial score (nSPS) is 22.7. The minimum absolute atomic E-state index is 0.0960. The van der Waals surface area contributed by atoms with E-state index >= 15 is 0 Å². The lowest BCUT2D eigenvalue weighted by molar-refractivity contribution is 0.110. The SMILES string of the molecule is CN1CCCC1CN(C)C(C)(CN)Cc1ccc(F)cc1. The van der Waals surface area contributed by atoms with Crippen LogP contribution >= 0.6 is 0 Å². The molecule has 0 aliphatic carbocycles. The molecule has 1 aromatic carbocycles. The summed E-state index contributed by atoms with van der Waals surface area (Å²) in [5, 5.41) is 0. The number of likely N-dealkylation sites (N-methyl/N-ethyl adjacent to an activating group) is 2. The van der Waals surface area contributed by atoms with Crippen LogP contribution in [0.1, 0.15) is 25.3 Å². The topological polar surface area (TPSA) is 32.5 Å². The molecule has 2 rings (SSSR count). The lowest BCUT2D eigenvalue weighted by Gasteiger charge is -2.40. The first-order valence-corrected chi connectivity index (χ1v) is 7.80. The molecule has 1 aliphatic rings. The minimum atomic E-state index is -0.186. The number of nitrogens with two attached hydrogens (primary N) is 1. The van der Waals surface area contributed by atoms with Crippen molar-refractivity contribution in [3.63, 3.8) is 0 Å². The summed E-state index contributed by atoms with van der Waals surface area (Å²) in [5.41, 5.74) is 7.10. The molecule has 1 fully saturated rings. The molecule has 2 atom stereocenters. The molecule has 1 aliphatic heterocycles. The van der Waals surface area contributed by atoms with Gasteiger partial charge in [-0.05, 0) is 64.5 Å². The first kappa shape index (κ1) is 16.4. The van der Waals surface area contributed by atoms with Crippen molar-refractivity contribution >= 4 is 0 Å². The lowest BCUT2D eigenvalue weighted by Crippen LogP contribution is -2.54. The molecule has 0 saturated carbocycles. The number of halogens is 1. The number of benzene rings is 1. The zero-order valence-corrected chi connectivity index (χ0v) is 13.5. The zero-order valence-electron chi connectivity index (χ0n) is 13.5. The van der Waals surface area contributed by atoms with Crippen LogP contribution in [0.15, 0.2) is 24.3 Å². The molecule has 0 bridgehead atoms. The number of nitrogens with zero attached hydrogens (tertiary/aromatic N) is 2. The summed E-state index contributed by atoms with van der Waals surface area (Å²) in [6, 6.07) is 7.39. The van der Waals surface area contributed by atoms with Crippen molar-refractivity contribution < 1.29 is 4.39 Å². The van der Waals surface area contributed by atoms with Gasteiger partial charge in [0.1, 0.15) is 5.82 Å². The summed E-state index contributed by atoms with van der Waals surface area (Å²) < 4.78 is 13.0. The second-order valence-electron chi connectivity index (χ2n) is 6.66. The Morgan fingerprint density at radius 2 is 2.05 bits per heavy atom. The molecule has 21 heavy (non-hydrogen) atoms. The maximum absolute atomic E-state index is 13.0. The summed E-state index contributed by atoms with van der Waals surface area (Å²) in [6.07, 6.45) is 3.39. The maximum Gasteiger partial charge on any atom is 0.123 e. The highest BCUT2D eigenvalue weighted by Crippen LogP contribution is 2.23. The van der Waals surface area contributed by atoms with Gasteiger partial charge in [0.05, 0.1) is 0 Å². The molecule has 118 valence electrons. The van der Waals surface area contributed by atoms with Crippen molar-refractivity contribution in [2.24, 2.45) is 5.73 Å². The van der Waals surface area contributed by atoms with Gasteiger partial charge in [-0.2, -0.15) is 0 Å². The summed E-state index contributed by atoms with van der Waals surface area (Å²) >= 11 is 0. The van der Waals surface area contributed by atoms with E-state index in [4.69, 9.17) is 5.73 Å². The maximum atomic E-state index is 13.0. The Labute approximate surface area is 127 Å². The van der Waals surface area contributed by atoms with E-state index in [2.05, 4.69) is 30.8 Å². The Bertz CT molecular complexity index is 448. The quantitative estimate of drug-likeness (QED) is 0.872. The molecule has 0 aromatic heterocycles. The molecule has 2 unspecified atom stereocenters. The van der Waals surface area contributed by atoms with Crippen LogP contribution < -0.4 is 5.73 Å². The third-order valence-corrected chi connectivity index (χ3v) is 5.02. The predicted octanol–water partition coefficient (Wildman–Crippen LogP) is 2.11. The number of hydrogen-bond donors (Lipinski definition) is 1. The van der Waals surface area contributed by atoms with Gasteiger partial charge in [0, 0.05) is 24.7 Å². The second kappa shape index (κ2) is 6.86. The Morgan fingerprint density at radius 3 is 2.57 bits per heavy atom. The van der Waals surface area contributed by atoms with E-state index in [0.29, 0.717) is 12.6 Å². The minimum Gasteiger partial charge on any atom is -0.329 e. The Kier molecular flexibility index (Phi) is 5.36. The van der Waals surface area contributed by atoms with E-state index in [1.807, 2.05) is 12.1 Å². The van der Waals surface area contributed by atoms with Gasteiger partial charge < -0.3 is 10.6 Å². The van der Waals surface area contributed by atoms with Crippen molar-refractivity contribution in [1.82, 2.24) is 9.80 Å². The molecule has 1 aromatic rings. The smallest absolute Gasteiger partial charge is 0.123 e. The third-order valence-electron chi connectivity index (χ3n) is 5.02. The first-order chi connectivity index (χ1) is 9.94. The number of hydrogen-bond acceptors (Lipinski definition) is 3. The van der Waals surface area contributed by atoms with Crippen LogP contribution in [0, 0.1) is 5.82 Å². The molecule has 0 radical (unpaired) electrons. The van der Waals surface area contributed by atoms with Crippen molar-refractivity contribution in [3.05, 3.63) is 35.6 Å². The number of rotatable bonds is 6. The van der Waals surface area contributed by atoms with Crippen LogP contribution in [0.5, 0.6) is 0 Å². The summed E-state index contributed by atoms with van der Waals surface area (Å²) in [7, 11) is 4.35. The van der Waals surface area contributed by atoms with Gasteiger partial charge >= 0.3 is 0 Å². The van der Waals surface area contributed by atoms with Gasteiger partial charge in [-0.3, -0.25) is 4.90 Å². The molecule has 0 amide bonds. The highest BCUT2D eigenvalue weighted by Gasteiger charge is 2.31. The van der Waals surface area contributed by atoms with Crippen LogP contribution in [0.4, 0.5) is 4.39 Å². The van der Waals surface area contributed by atoms with Gasteiger partial charge in [-0.1, -0.05) is 12.1 Å². The van der Waals surface area contributed by atoms with Crippen LogP contribution in [0.25, 0.3) is 0 Å². The molecule has 3 nitrogen and oxygen atoms in total. The van der Waals surface area contributed by atoms with Crippen LogP contribution in [-0.2, 0) is 6.42 Å². The van der Waals surface area contributed by atoms with E-state index in [0.717, 1.165) is 18.5 Å². The fraction of sp³-hybridized carbons (Fsp3) is 0.647. The van der Waals surface area contributed by atoms with Crippen LogP contribution in [0.2, 0.25) is 0 Å².